The van der Waals surface area contributed by atoms with Gasteiger partial charge in [0.05, 0.1) is 5.56 Å². The van der Waals surface area contributed by atoms with Gasteiger partial charge in [0.25, 0.3) is 0 Å². The summed E-state index contributed by atoms with van der Waals surface area (Å²) in [6, 6.07) is 6.83. The fraction of sp³-hybridized carbons (Fsp3) is 0.600. The van der Waals surface area contributed by atoms with Crippen LogP contribution in [0, 0.1) is 5.41 Å². The van der Waals surface area contributed by atoms with Crippen LogP contribution in [0.3, 0.4) is 0 Å². The van der Waals surface area contributed by atoms with Crippen molar-refractivity contribution in [3.63, 3.8) is 0 Å². The molecule has 3 rings (SSSR count). The molecule has 0 unspecified atom stereocenters. The summed E-state index contributed by atoms with van der Waals surface area (Å²) in [7, 11) is 0. The van der Waals surface area contributed by atoms with E-state index in [2.05, 4.69) is 0 Å². The molecule has 24 heavy (non-hydrogen) atoms. The SMILES string of the molecule is O=C(O)c1ccc(CCC(=O)N2CCC3(CCCCC3)CC2)cc1. The normalized spacial score (nSPS) is 20.1. The molecular weight excluding hydrogens is 302 g/mol. The van der Waals surface area contributed by atoms with Gasteiger partial charge in [0.15, 0.2) is 0 Å². The zero-order valence-corrected chi connectivity index (χ0v) is 14.3. The summed E-state index contributed by atoms with van der Waals surface area (Å²) in [5, 5.41) is 8.91. The number of carbonyl (C=O) groups excluding carboxylic acids is 1. The van der Waals surface area contributed by atoms with Gasteiger partial charge in [-0.25, -0.2) is 4.79 Å². The van der Waals surface area contributed by atoms with Crippen molar-refractivity contribution in [1.82, 2.24) is 4.90 Å². The monoisotopic (exact) mass is 329 g/mol. The van der Waals surface area contributed by atoms with Gasteiger partial charge in [-0.3, -0.25) is 4.79 Å². The van der Waals surface area contributed by atoms with Gasteiger partial charge in [-0.05, 0) is 55.2 Å². The highest BCUT2D eigenvalue weighted by Crippen LogP contribution is 2.44. The number of aromatic carboxylic acids is 1. The lowest BCUT2D eigenvalue weighted by Crippen LogP contribution is -2.44. The maximum Gasteiger partial charge on any atom is 0.335 e. The third kappa shape index (κ3) is 3.97. The molecule has 1 saturated heterocycles. The maximum atomic E-state index is 12.4. The number of rotatable bonds is 4. The van der Waals surface area contributed by atoms with E-state index >= 15 is 0 Å². The van der Waals surface area contributed by atoms with Gasteiger partial charge in [-0.1, -0.05) is 31.4 Å². The second kappa shape index (κ2) is 7.37. The number of likely N-dealkylation sites (tertiary alicyclic amines) is 1. The summed E-state index contributed by atoms with van der Waals surface area (Å²) >= 11 is 0. The van der Waals surface area contributed by atoms with E-state index in [9.17, 15) is 9.59 Å². The molecule has 1 heterocycles. The van der Waals surface area contributed by atoms with Crippen molar-refractivity contribution in [3.05, 3.63) is 35.4 Å². The van der Waals surface area contributed by atoms with Crippen LogP contribution in [0.15, 0.2) is 24.3 Å². The summed E-state index contributed by atoms with van der Waals surface area (Å²) in [6.45, 7) is 1.83. The summed E-state index contributed by atoms with van der Waals surface area (Å²) in [5.74, 6) is -0.675. The molecule has 2 aliphatic rings. The summed E-state index contributed by atoms with van der Waals surface area (Å²) in [6.07, 6.45) is 10.3. The number of carbonyl (C=O) groups is 2. The molecule has 0 radical (unpaired) electrons. The van der Waals surface area contributed by atoms with Gasteiger partial charge >= 0.3 is 5.97 Å². The van der Waals surface area contributed by atoms with Crippen LogP contribution in [-0.4, -0.2) is 35.0 Å². The largest absolute Gasteiger partial charge is 0.478 e. The van der Waals surface area contributed by atoms with Crippen LogP contribution in [0.25, 0.3) is 0 Å². The second-order valence-electron chi connectivity index (χ2n) is 7.44. The van der Waals surface area contributed by atoms with Crippen LogP contribution >= 0.6 is 0 Å². The van der Waals surface area contributed by atoms with Gasteiger partial charge in [0.2, 0.25) is 5.91 Å². The number of hydrogen-bond donors (Lipinski definition) is 1. The average molecular weight is 329 g/mol. The number of hydrogen-bond acceptors (Lipinski definition) is 2. The number of aryl methyl sites for hydroxylation is 1. The Morgan fingerprint density at radius 3 is 2.17 bits per heavy atom. The van der Waals surface area contributed by atoms with Crippen LogP contribution in [0.4, 0.5) is 0 Å². The van der Waals surface area contributed by atoms with Crippen molar-refractivity contribution >= 4 is 11.9 Å². The molecule has 4 nitrogen and oxygen atoms in total. The minimum Gasteiger partial charge on any atom is -0.478 e. The Labute approximate surface area is 143 Å². The van der Waals surface area contributed by atoms with Crippen LogP contribution < -0.4 is 0 Å². The summed E-state index contributed by atoms with van der Waals surface area (Å²) < 4.78 is 0. The van der Waals surface area contributed by atoms with Crippen molar-refractivity contribution in [2.24, 2.45) is 5.41 Å². The van der Waals surface area contributed by atoms with E-state index < -0.39 is 5.97 Å². The number of benzene rings is 1. The van der Waals surface area contributed by atoms with Crippen molar-refractivity contribution < 1.29 is 14.7 Å². The first-order valence-electron chi connectivity index (χ1n) is 9.18. The first-order valence-corrected chi connectivity index (χ1v) is 9.18. The summed E-state index contributed by atoms with van der Waals surface area (Å²) in [5.41, 5.74) is 1.84. The predicted molar refractivity (Wildman–Crippen MR) is 93.1 cm³/mol. The van der Waals surface area contributed by atoms with E-state index in [1.54, 1.807) is 12.1 Å². The van der Waals surface area contributed by atoms with Gasteiger partial charge in [-0.15, -0.1) is 0 Å². The average Bonchev–Trinajstić information content (AvgIpc) is 2.61. The Bertz CT molecular complexity index is 577. The smallest absolute Gasteiger partial charge is 0.335 e. The van der Waals surface area contributed by atoms with Gasteiger partial charge < -0.3 is 10.0 Å². The van der Waals surface area contributed by atoms with E-state index in [0.717, 1.165) is 18.7 Å². The Balaban J connectivity index is 1.46. The zero-order valence-electron chi connectivity index (χ0n) is 14.3. The molecule has 2 fully saturated rings. The Hall–Kier alpha value is -1.84. The van der Waals surface area contributed by atoms with E-state index in [1.165, 1.54) is 44.9 Å². The fourth-order valence-electron chi connectivity index (χ4n) is 4.26. The Kier molecular flexibility index (Phi) is 5.22. The van der Waals surface area contributed by atoms with E-state index in [1.807, 2.05) is 17.0 Å². The third-order valence-corrected chi connectivity index (χ3v) is 5.92. The van der Waals surface area contributed by atoms with Crippen LogP contribution in [0.5, 0.6) is 0 Å². The molecule has 1 N–H and O–H groups in total. The van der Waals surface area contributed by atoms with Crippen molar-refractivity contribution in [2.75, 3.05) is 13.1 Å². The summed E-state index contributed by atoms with van der Waals surface area (Å²) in [4.78, 5) is 25.3. The molecule has 1 aliphatic carbocycles. The third-order valence-electron chi connectivity index (χ3n) is 5.92. The lowest BCUT2D eigenvalue weighted by Gasteiger charge is -2.44. The maximum absolute atomic E-state index is 12.4. The molecule has 4 heteroatoms. The van der Waals surface area contributed by atoms with Crippen molar-refractivity contribution in [2.45, 2.75) is 57.8 Å². The lowest BCUT2D eigenvalue weighted by atomic mass is 9.68. The number of carboxylic acids is 1. The van der Waals surface area contributed by atoms with Crippen LogP contribution in [0.1, 0.15) is 67.3 Å². The molecule has 1 aromatic rings. The van der Waals surface area contributed by atoms with E-state index in [4.69, 9.17) is 5.11 Å². The topological polar surface area (TPSA) is 57.6 Å². The number of nitrogens with zero attached hydrogens (tertiary/aromatic N) is 1. The highest BCUT2D eigenvalue weighted by molar-refractivity contribution is 5.87. The number of amides is 1. The zero-order chi connectivity index (χ0) is 17.0. The number of carboxylic acid groups (broad SMARTS) is 1. The predicted octanol–water partition coefficient (Wildman–Crippen LogP) is 3.89. The first-order chi connectivity index (χ1) is 11.6. The lowest BCUT2D eigenvalue weighted by molar-refractivity contribution is -0.133. The van der Waals surface area contributed by atoms with Gasteiger partial charge in [-0.2, -0.15) is 0 Å². The minimum atomic E-state index is -0.914. The quantitative estimate of drug-likeness (QED) is 0.911. The number of piperidine rings is 1. The molecule has 1 aliphatic heterocycles. The molecule has 1 saturated carbocycles. The molecule has 0 aromatic heterocycles. The molecule has 1 amide bonds. The van der Waals surface area contributed by atoms with Crippen molar-refractivity contribution in [1.29, 1.82) is 0 Å². The Morgan fingerprint density at radius 2 is 1.58 bits per heavy atom. The highest BCUT2D eigenvalue weighted by atomic mass is 16.4. The van der Waals surface area contributed by atoms with Gasteiger partial charge in [0.1, 0.15) is 0 Å². The first kappa shape index (κ1) is 17.0. The second-order valence-corrected chi connectivity index (χ2v) is 7.44. The Morgan fingerprint density at radius 1 is 0.958 bits per heavy atom. The molecule has 0 atom stereocenters. The fourth-order valence-corrected chi connectivity index (χ4v) is 4.26. The van der Waals surface area contributed by atoms with E-state index in [-0.39, 0.29) is 5.91 Å². The van der Waals surface area contributed by atoms with Crippen LogP contribution in [-0.2, 0) is 11.2 Å². The molecular formula is C20H27NO3. The molecule has 130 valence electrons. The van der Waals surface area contributed by atoms with E-state index in [0.29, 0.717) is 23.8 Å². The highest BCUT2D eigenvalue weighted by Gasteiger charge is 2.36. The standard InChI is InChI=1S/C20H27NO3/c22-18(9-6-16-4-7-17(8-5-16)19(23)24)21-14-12-20(13-15-21)10-2-1-3-11-20/h4-5,7-8H,1-3,6,9-15H2,(H,23,24). The minimum absolute atomic E-state index is 0.239. The van der Waals surface area contributed by atoms with Gasteiger partial charge in [0, 0.05) is 19.5 Å². The van der Waals surface area contributed by atoms with Crippen molar-refractivity contribution in [3.8, 4) is 0 Å². The molecule has 1 aromatic carbocycles. The molecule has 1 spiro atoms. The van der Waals surface area contributed by atoms with Crippen LogP contribution in [0.2, 0.25) is 0 Å². The molecule has 0 bridgehead atoms.